The number of hydrogen-bond acceptors (Lipinski definition) is 6. The Morgan fingerprint density at radius 2 is 1.96 bits per heavy atom. The second-order valence-corrected chi connectivity index (χ2v) is 4.70. The number of amides is 2. The van der Waals surface area contributed by atoms with Crippen molar-refractivity contribution in [3.05, 3.63) is 35.9 Å². The van der Waals surface area contributed by atoms with Gasteiger partial charge in [-0.1, -0.05) is 0 Å². The predicted octanol–water partition coefficient (Wildman–Crippen LogP) is 1.69. The zero-order valence-electron chi connectivity index (χ0n) is 11.5. The molecule has 7 nitrogen and oxygen atoms in total. The molecule has 0 saturated heterocycles. The second kappa shape index (κ2) is 5.00. The van der Waals surface area contributed by atoms with Crippen LogP contribution in [0, 0.1) is 0 Å². The number of hydrazine groups is 1. The summed E-state index contributed by atoms with van der Waals surface area (Å²) in [7, 11) is 0. The van der Waals surface area contributed by atoms with Crippen molar-refractivity contribution in [2.24, 2.45) is 0 Å². The standard InChI is InChI=1S/C13H8F3N5O2/c1-6-4-9(22)21(11(6)23)20-10-7-5-17-3-2-8(7)18-12(19-10)13(14,15)16/h2-5H,1H3,(H,18,19,20). The van der Waals surface area contributed by atoms with Gasteiger partial charge in [0.25, 0.3) is 11.8 Å². The van der Waals surface area contributed by atoms with Crippen LogP contribution in [0.15, 0.2) is 30.1 Å². The molecule has 1 aliphatic heterocycles. The normalized spacial score (nSPS) is 15.3. The zero-order valence-corrected chi connectivity index (χ0v) is 11.5. The molecule has 2 amide bonds. The molecule has 1 N–H and O–H groups in total. The average molecular weight is 323 g/mol. The molecule has 10 heteroatoms. The first-order valence-corrected chi connectivity index (χ1v) is 6.29. The number of pyridine rings is 1. The van der Waals surface area contributed by atoms with Crippen LogP contribution in [0.5, 0.6) is 0 Å². The maximum absolute atomic E-state index is 12.9. The van der Waals surface area contributed by atoms with E-state index in [2.05, 4.69) is 20.4 Å². The summed E-state index contributed by atoms with van der Waals surface area (Å²) in [5.41, 5.74) is 2.46. The molecule has 2 aromatic heterocycles. The number of carbonyl (C=O) groups is 2. The molecule has 3 rings (SSSR count). The van der Waals surface area contributed by atoms with Crippen LogP contribution in [-0.4, -0.2) is 31.8 Å². The summed E-state index contributed by atoms with van der Waals surface area (Å²) < 4.78 is 38.7. The molecule has 118 valence electrons. The molecular formula is C13H8F3N5O2. The molecule has 0 atom stereocenters. The van der Waals surface area contributed by atoms with Crippen LogP contribution < -0.4 is 5.43 Å². The van der Waals surface area contributed by atoms with Gasteiger partial charge in [-0.3, -0.25) is 20.0 Å². The summed E-state index contributed by atoms with van der Waals surface area (Å²) in [6.07, 6.45) is -1.19. The Kier molecular flexibility index (Phi) is 3.24. The minimum absolute atomic E-state index is 0.0198. The summed E-state index contributed by atoms with van der Waals surface area (Å²) in [6, 6.07) is 1.27. The third-order valence-electron chi connectivity index (χ3n) is 3.07. The van der Waals surface area contributed by atoms with Gasteiger partial charge in [0.15, 0.2) is 5.82 Å². The fourth-order valence-electron chi connectivity index (χ4n) is 1.98. The molecule has 3 heterocycles. The fraction of sp³-hybridized carbons (Fsp3) is 0.154. The van der Waals surface area contributed by atoms with Crippen molar-refractivity contribution in [1.29, 1.82) is 0 Å². The Bertz CT molecular complexity index is 862. The Morgan fingerprint density at radius 1 is 1.22 bits per heavy atom. The van der Waals surface area contributed by atoms with E-state index in [0.29, 0.717) is 5.01 Å². The molecule has 1 aliphatic rings. The van der Waals surface area contributed by atoms with Gasteiger partial charge in [-0.05, 0) is 13.0 Å². The number of alkyl halides is 3. The molecule has 2 aromatic rings. The molecule has 0 fully saturated rings. The first-order chi connectivity index (χ1) is 10.8. The van der Waals surface area contributed by atoms with E-state index in [1.54, 1.807) is 0 Å². The molecule has 0 aromatic carbocycles. The highest BCUT2D eigenvalue weighted by Crippen LogP contribution is 2.30. The van der Waals surface area contributed by atoms with Gasteiger partial charge in [0.05, 0.1) is 10.9 Å². The van der Waals surface area contributed by atoms with Crippen LogP contribution >= 0.6 is 0 Å². The van der Waals surface area contributed by atoms with Gasteiger partial charge in [0.1, 0.15) is 0 Å². The summed E-state index contributed by atoms with van der Waals surface area (Å²) in [6.45, 7) is 1.42. The van der Waals surface area contributed by atoms with E-state index in [0.717, 1.165) is 6.08 Å². The van der Waals surface area contributed by atoms with Crippen molar-refractivity contribution >= 4 is 28.5 Å². The quantitative estimate of drug-likeness (QED) is 0.846. The van der Waals surface area contributed by atoms with Crippen molar-refractivity contribution in [2.45, 2.75) is 13.1 Å². The topological polar surface area (TPSA) is 88.1 Å². The Balaban J connectivity index is 2.10. The first kappa shape index (κ1) is 14.9. The highest BCUT2D eigenvalue weighted by Gasteiger charge is 2.36. The van der Waals surface area contributed by atoms with Gasteiger partial charge < -0.3 is 0 Å². The maximum Gasteiger partial charge on any atom is 0.451 e. The molecule has 0 saturated carbocycles. The number of nitrogens with zero attached hydrogens (tertiary/aromatic N) is 4. The van der Waals surface area contributed by atoms with Crippen LogP contribution in [0.25, 0.3) is 10.9 Å². The molecule has 0 radical (unpaired) electrons. The number of rotatable bonds is 2. The van der Waals surface area contributed by atoms with Crippen LogP contribution in [0.2, 0.25) is 0 Å². The van der Waals surface area contributed by atoms with E-state index in [1.165, 1.54) is 25.4 Å². The van der Waals surface area contributed by atoms with Crippen molar-refractivity contribution in [3.8, 4) is 0 Å². The minimum atomic E-state index is -4.78. The Morgan fingerprint density at radius 3 is 2.57 bits per heavy atom. The molecule has 23 heavy (non-hydrogen) atoms. The first-order valence-electron chi connectivity index (χ1n) is 6.29. The smallest absolute Gasteiger partial charge is 0.271 e. The monoisotopic (exact) mass is 323 g/mol. The maximum atomic E-state index is 12.9. The van der Waals surface area contributed by atoms with E-state index in [4.69, 9.17) is 0 Å². The number of halogens is 3. The lowest BCUT2D eigenvalue weighted by atomic mass is 10.3. The summed E-state index contributed by atoms with van der Waals surface area (Å²) in [5.74, 6) is -3.08. The number of nitrogens with one attached hydrogen (secondary N) is 1. The number of hydrogen-bond donors (Lipinski definition) is 1. The van der Waals surface area contributed by atoms with Crippen LogP contribution in [0.1, 0.15) is 12.7 Å². The van der Waals surface area contributed by atoms with Gasteiger partial charge in [-0.15, -0.1) is 0 Å². The van der Waals surface area contributed by atoms with Gasteiger partial charge in [0, 0.05) is 24.0 Å². The molecule has 0 spiro atoms. The summed E-state index contributed by atoms with van der Waals surface area (Å²) >= 11 is 0. The minimum Gasteiger partial charge on any atom is -0.271 e. The van der Waals surface area contributed by atoms with E-state index in [1.807, 2.05) is 0 Å². The van der Waals surface area contributed by atoms with E-state index in [9.17, 15) is 22.8 Å². The van der Waals surface area contributed by atoms with Crippen molar-refractivity contribution < 1.29 is 22.8 Å². The molecule has 0 bridgehead atoms. The lowest BCUT2D eigenvalue weighted by Crippen LogP contribution is -2.37. The summed E-state index contributed by atoms with van der Waals surface area (Å²) in [4.78, 5) is 34.1. The van der Waals surface area contributed by atoms with E-state index < -0.39 is 23.8 Å². The highest BCUT2D eigenvalue weighted by atomic mass is 19.4. The third kappa shape index (κ3) is 2.58. The Hall–Kier alpha value is -3.04. The van der Waals surface area contributed by atoms with Crippen LogP contribution in [0.4, 0.5) is 19.0 Å². The molecule has 0 aliphatic carbocycles. The van der Waals surface area contributed by atoms with Gasteiger partial charge in [-0.25, -0.2) is 9.97 Å². The van der Waals surface area contributed by atoms with Gasteiger partial charge >= 0.3 is 6.18 Å². The van der Waals surface area contributed by atoms with Crippen LogP contribution in [-0.2, 0) is 15.8 Å². The summed E-state index contributed by atoms with van der Waals surface area (Å²) in [5, 5.41) is 0.732. The van der Waals surface area contributed by atoms with Crippen molar-refractivity contribution in [1.82, 2.24) is 20.0 Å². The van der Waals surface area contributed by atoms with Gasteiger partial charge in [-0.2, -0.15) is 18.2 Å². The van der Waals surface area contributed by atoms with E-state index >= 15 is 0 Å². The van der Waals surface area contributed by atoms with E-state index in [-0.39, 0.29) is 22.3 Å². The number of aromatic nitrogens is 3. The van der Waals surface area contributed by atoms with Crippen molar-refractivity contribution in [3.63, 3.8) is 0 Å². The van der Waals surface area contributed by atoms with Crippen LogP contribution in [0.3, 0.4) is 0 Å². The molecule has 0 unspecified atom stereocenters. The lowest BCUT2D eigenvalue weighted by Gasteiger charge is -2.18. The largest absolute Gasteiger partial charge is 0.451 e. The predicted molar refractivity (Wildman–Crippen MR) is 71.6 cm³/mol. The molecular weight excluding hydrogens is 315 g/mol. The van der Waals surface area contributed by atoms with Gasteiger partial charge in [0.2, 0.25) is 5.82 Å². The Labute approximate surface area is 126 Å². The number of imide groups is 1. The zero-order chi connectivity index (χ0) is 16.8. The SMILES string of the molecule is CC1=CC(=O)N(Nc2nc(C(F)(F)F)nc3ccncc23)C1=O. The van der Waals surface area contributed by atoms with Crippen molar-refractivity contribution in [2.75, 3.05) is 5.43 Å². The number of carbonyl (C=O) groups excluding carboxylic acids is 2. The fourth-order valence-corrected chi connectivity index (χ4v) is 1.98. The highest BCUT2D eigenvalue weighted by molar-refractivity contribution is 6.16. The third-order valence-corrected chi connectivity index (χ3v) is 3.07. The lowest BCUT2D eigenvalue weighted by molar-refractivity contribution is -0.144. The second-order valence-electron chi connectivity index (χ2n) is 4.70. The number of fused-ring (bicyclic) bond motifs is 1. The average Bonchev–Trinajstić information content (AvgIpc) is 2.72. The number of anilines is 1.